The second-order valence-corrected chi connectivity index (χ2v) is 7.08. The Morgan fingerprint density at radius 3 is 2.20 bits per heavy atom. The number of quaternary nitrogens is 1. The van der Waals surface area contributed by atoms with Crippen LogP contribution in [0.25, 0.3) is 0 Å². The number of nitrogens with one attached hydrogen (secondary N) is 1. The van der Waals surface area contributed by atoms with Gasteiger partial charge in [0, 0.05) is 12.1 Å². The van der Waals surface area contributed by atoms with Gasteiger partial charge >= 0.3 is 5.97 Å². The fourth-order valence-corrected chi connectivity index (χ4v) is 4.00. The molecule has 5 N–H and O–H groups in total. The van der Waals surface area contributed by atoms with Gasteiger partial charge in [0.05, 0.1) is 32.0 Å². The highest BCUT2D eigenvalue weighted by Crippen LogP contribution is 2.40. The maximum atomic E-state index is 12.7. The Labute approximate surface area is 174 Å². The molecule has 1 fully saturated rings. The summed E-state index contributed by atoms with van der Waals surface area (Å²) in [6, 6.07) is 9.24. The van der Waals surface area contributed by atoms with Crippen LogP contribution in [-0.4, -0.2) is 42.7 Å². The molecule has 0 unspecified atom stereocenters. The third-order valence-corrected chi connectivity index (χ3v) is 5.41. The van der Waals surface area contributed by atoms with Crippen molar-refractivity contribution in [3.63, 3.8) is 0 Å². The quantitative estimate of drug-likeness (QED) is 0.535. The predicted molar refractivity (Wildman–Crippen MR) is 109 cm³/mol. The van der Waals surface area contributed by atoms with Crippen molar-refractivity contribution in [2.45, 2.75) is 25.4 Å². The average Bonchev–Trinajstić information content (AvgIpc) is 2.73. The molecule has 1 aliphatic rings. The predicted octanol–water partition coefficient (Wildman–Crippen LogP) is 2.06. The molecule has 2 aromatic rings. The molecule has 0 bridgehead atoms. The van der Waals surface area contributed by atoms with Crippen LogP contribution in [0, 0.1) is 11.3 Å². The van der Waals surface area contributed by atoms with E-state index in [9.17, 15) is 15.0 Å². The van der Waals surface area contributed by atoms with E-state index < -0.39 is 17.9 Å². The molecule has 1 aliphatic heterocycles. The number of carbonyl (C=O) groups excluding carboxylic acids is 1. The molecule has 0 saturated carbocycles. The van der Waals surface area contributed by atoms with E-state index in [0.717, 1.165) is 0 Å². The summed E-state index contributed by atoms with van der Waals surface area (Å²) < 4.78 is 15.6. The Kier molecular flexibility index (Phi) is 6.47. The lowest BCUT2D eigenvalue weighted by Gasteiger charge is -2.34. The molecule has 0 radical (unpaired) electrons. The number of hydrogen-bond acceptors (Lipinski definition) is 7. The molecule has 1 heterocycles. The van der Waals surface area contributed by atoms with Gasteiger partial charge in [-0.25, -0.2) is 0 Å². The highest BCUT2D eigenvalue weighted by atomic mass is 16.5. The van der Waals surface area contributed by atoms with Gasteiger partial charge in [-0.1, -0.05) is 12.1 Å². The first-order valence-corrected chi connectivity index (χ1v) is 9.73. The van der Waals surface area contributed by atoms with Crippen molar-refractivity contribution in [1.82, 2.24) is 0 Å². The van der Waals surface area contributed by atoms with Crippen molar-refractivity contribution in [2.24, 2.45) is 5.92 Å². The van der Waals surface area contributed by atoms with E-state index in [1.807, 2.05) is 5.32 Å². The van der Waals surface area contributed by atoms with Crippen molar-refractivity contribution >= 4 is 11.7 Å². The van der Waals surface area contributed by atoms with Crippen molar-refractivity contribution in [2.75, 3.05) is 20.8 Å². The normalized spacial score (nSPS) is 21.2. The molecule has 8 heteroatoms. The second-order valence-electron chi connectivity index (χ2n) is 7.08. The van der Waals surface area contributed by atoms with Crippen LogP contribution < -0.4 is 14.8 Å². The van der Waals surface area contributed by atoms with Crippen LogP contribution in [0.2, 0.25) is 0 Å². The van der Waals surface area contributed by atoms with E-state index in [1.165, 1.54) is 14.2 Å². The van der Waals surface area contributed by atoms with Crippen LogP contribution in [0.3, 0.4) is 0 Å². The van der Waals surface area contributed by atoms with E-state index in [1.54, 1.807) is 43.3 Å². The van der Waals surface area contributed by atoms with Gasteiger partial charge in [0.25, 0.3) is 0 Å². The highest BCUT2D eigenvalue weighted by Gasteiger charge is 2.46. The molecule has 30 heavy (non-hydrogen) atoms. The first kappa shape index (κ1) is 21.4. The van der Waals surface area contributed by atoms with Gasteiger partial charge in [-0.05, 0) is 31.2 Å². The SMILES string of the molecule is CCOC(=O)[C@@H]1C(=N)C[C@@H](c2cccc(OC)c2O)[NH2+][C@@H]1c1cccc(OC)c1O. The first-order chi connectivity index (χ1) is 14.4. The molecular formula is C22H27N2O6+. The zero-order chi connectivity index (χ0) is 21.8. The van der Waals surface area contributed by atoms with E-state index in [4.69, 9.17) is 19.6 Å². The lowest BCUT2D eigenvalue weighted by atomic mass is 9.80. The van der Waals surface area contributed by atoms with Gasteiger partial charge in [-0.3, -0.25) is 4.79 Å². The maximum Gasteiger partial charge on any atom is 0.321 e. The zero-order valence-electron chi connectivity index (χ0n) is 17.2. The van der Waals surface area contributed by atoms with Gasteiger partial charge in [0.1, 0.15) is 12.1 Å². The summed E-state index contributed by atoms with van der Waals surface area (Å²) in [4.78, 5) is 12.7. The number of phenols is 2. The summed E-state index contributed by atoms with van der Waals surface area (Å²) in [5, 5.41) is 31.8. The van der Waals surface area contributed by atoms with E-state index in [0.29, 0.717) is 16.9 Å². The number of carbonyl (C=O) groups is 1. The Morgan fingerprint density at radius 1 is 1.07 bits per heavy atom. The summed E-state index contributed by atoms with van der Waals surface area (Å²) in [7, 11) is 2.92. The molecule has 2 aromatic carbocycles. The molecule has 0 aliphatic carbocycles. The summed E-state index contributed by atoms with van der Waals surface area (Å²) in [5.74, 6) is -0.857. The molecule has 1 saturated heterocycles. The lowest BCUT2D eigenvalue weighted by molar-refractivity contribution is -0.740. The summed E-state index contributed by atoms with van der Waals surface area (Å²) in [5.41, 5.74) is 1.23. The van der Waals surface area contributed by atoms with Crippen LogP contribution in [0.1, 0.15) is 36.6 Å². The van der Waals surface area contributed by atoms with Crippen molar-refractivity contribution < 1.29 is 34.5 Å². The summed E-state index contributed by atoms with van der Waals surface area (Å²) in [6.45, 7) is 1.91. The number of nitrogens with two attached hydrogens (primary N) is 1. The number of benzene rings is 2. The van der Waals surface area contributed by atoms with Gasteiger partial charge in [-0.2, -0.15) is 0 Å². The van der Waals surface area contributed by atoms with E-state index >= 15 is 0 Å². The zero-order valence-corrected chi connectivity index (χ0v) is 17.2. The van der Waals surface area contributed by atoms with Crippen molar-refractivity contribution in [1.29, 1.82) is 5.41 Å². The summed E-state index contributed by atoms with van der Waals surface area (Å²) >= 11 is 0. The summed E-state index contributed by atoms with van der Waals surface area (Å²) in [6.07, 6.45) is 0.242. The Bertz CT molecular complexity index is 945. The standard InChI is InChI=1S/C22H26N2O6/c1-4-30-22(27)18-14(23)11-15(12-7-5-9-16(28-2)20(12)25)24-19(18)13-8-6-10-17(29-3)21(13)26/h5-10,15,18-19,23-26H,4,11H2,1-3H3/p+1/t15-,18+,19+/m0/s1. The molecule has 3 atom stereocenters. The molecule has 0 amide bonds. The van der Waals surface area contributed by atoms with Crippen LogP contribution in [-0.2, 0) is 9.53 Å². The number of piperidine rings is 1. The fraction of sp³-hybridized carbons (Fsp3) is 0.364. The maximum absolute atomic E-state index is 12.7. The number of aromatic hydroxyl groups is 2. The number of para-hydroxylation sites is 2. The van der Waals surface area contributed by atoms with Crippen LogP contribution >= 0.6 is 0 Å². The first-order valence-electron chi connectivity index (χ1n) is 9.73. The number of phenolic OH excluding ortho intramolecular Hbond substituents is 2. The lowest BCUT2D eigenvalue weighted by Crippen LogP contribution is -2.90. The molecule has 160 valence electrons. The minimum Gasteiger partial charge on any atom is -0.504 e. The van der Waals surface area contributed by atoms with Crippen molar-refractivity contribution in [3.8, 4) is 23.0 Å². The number of hydrogen-bond donors (Lipinski definition) is 4. The number of ether oxygens (including phenoxy) is 3. The third kappa shape index (κ3) is 3.91. The topological polar surface area (TPSA) is 126 Å². The number of methoxy groups -OCH3 is 2. The van der Waals surface area contributed by atoms with Gasteiger partial charge in [-0.15, -0.1) is 0 Å². The molecule has 0 aromatic heterocycles. The Balaban J connectivity index is 2.07. The third-order valence-electron chi connectivity index (χ3n) is 5.41. The molecule has 0 spiro atoms. The van der Waals surface area contributed by atoms with Gasteiger partial charge in [0.15, 0.2) is 28.9 Å². The fourth-order valence-electron chi connectivity index (χ4n) is 4.00. The highest BCUT2D eigenvalue weighted by molar-refractivity contribution is 6.02. The largest absolute Gasteiger partial charge is 0.504 e. The monoisotopic (exact) mass is 415 g/mol. The number of esters is 1. The van der Waals surface area contributed by atoms with Crippen LogP contribution in [0.5, 0.6) is 23.0 Å². The molecular weight excluding hydrogens is 388 g/mol. The smallest absolute Gasteiger partial charge is 0.321 e. The second kappa shape index (κ2) is 9.04. The Morgan fingerprint density at radius 2 is 1.63 bits per heavy atom. The van der Waals surface area contributed by atoms with Crippen LogP contribution in [0.15, 0.2) is 36.4 Å². The molecule has 3 rings (SSSR count). The van der Waals surface area contributed by atoms with Gasteiger partial charge < -0.3 is 35.1 Å². The minimum atomic E-state index is -0.869. The molecule has 8 nitrogen and oxygen atoms in total. The minimum absolute atomic E-state index is 0.00255. The Hall–Kier alpha value is -3.26. The number of rotatable bonds is 6. The van der Waals surface area contributed by atoms with E-state index in [-0.39, 0.29) is 42.0 Å². The van der Waals surface area contributed by atoms with Gasteiger partial charge in [0.2, 0.25) is 0 Å². The van der Waals surface area contributed by atoms with Crippen molar-refractivity contribution in [3.05, 3.63) is 47.5 Å². The average molecular weight is 415 g/mol. The van der Waals surface area contributed by atoms with E-state index in [2.05, 4.69) is 0 Å². The van der Waals surface area contributed by atoms with Crippen LogP contribution in [0.4, 0.5) is 0 Å².